The lowest BCUT2D eigenvalue weighted by atomic mass is 9.95. The molecule has 86 valence electrons. The fourth-order valence-corrected chi connectivity index (χ4v) is 2.13. The Morgan fingerprint density at radius 2 is 2.00 bits per heavy atom. The highest BCUT2D eigenvalue weighted by molar-refractivity contribution is 5.85. The molecule has 1 fully saturated rings. The van der Waals surface area contributed by atoms with Gasteiger partial charge in [0.25, 0.3) is 0 Å². The average Bonchev–Trinajstić information content (AvgIpc) is 2.63. The second-order valence-electron chi connectivity index (χ2n) is 4.23. The molecule has 1 aromatic rings. The van der Waals surface area contributed by atoms with E-state index in [2.05, 4.69) is 11.4 Å². The molecule has 0 amide bonds. The van der Waals surface area contributed by atoms with E-state index in [1.54, 1.807) is 0 Å². The first kappa shape index (κ1) is 12.6. The van der Waals surface area contributed by atoms with E-state index in [9.17, 15) is 0 Å². The third kappa shape index (κ3) is 3.88. The topological polar surface area (TPSA) is 25.2 Å². The van der Waals surface area contributed by atoms with Crippen LogP contribution in [0.1, 0.15) is 43.6 Å². The van der Waals surface area contributed by atoms with Gasteiger partial charge in [-0.1, -0.05) is 19.3 Å². The lowest BCUT2D eigenvalue weighted by Gasteiger charge is -2.22. The molecule has 2 rings (SSSR count). The van der Waals surface area contributed by atoms with Gasteiger partial charge in [0.05, 0.1) is 6.54 Å². The van der Waals surface area contributed by atoms with Crippen molar-refractivity contribution in [2.75, 3.05) is 0 Å². The van der Waals surface area contributed by atoms with Gasteiger partial charge in [0.15, 0.2) is 0 Å². The molecule has 0 spiro atoms. The Labute approximate surface area is 97.8 Å². The molecular weight excluding hydrogens is 210 g/mol. The number of hydrogen-bond donors (Lipinski definition) is 1. The van der Waals surface area contributed by atoms with E-state index in [4.69, 9.17) is 4.42 Å². The number of hydrogen-bond acceptors (Lipinski definition) is 2. The van der Waals surface area contributed by atoms with Gasteiger partial charge in [0, 0.05) is 6.04 Å². The molecule has 1 aliphatic carbocycles. The molecule has 1 aromatic heterocycles. The molecule has 0 aromatic carbocycles. The van der Waals surface area contributed by atoms with Crippen LogP contribution in [0.2, 0.25) is 0 Å². The Morgan fingerprint density at radius 3 is 2.60 bits per heavy atom. The molecule has 2 nitrogen and oxygen atoms in total. The average molecular weight is 230 g/mol. The third-order valence-electron chi connectivity index (χ3n) is 2.97. The number of furan rings is 1. The van der Waals surface area contributed by atoms with E-state index in [1.807, 2.05) is 13.0 Å². The molecular formula is C12H20ClNO. The summed E-state index contributed by atoms with van der Waals surface area (Å²) in [6.07, 6.45) is 6.85. The van der Waals surface area contributed by atoms with Crippen LogP contribution in [0.5, 0.6) is 0 Å². The smallest absolute Gasteiger partial charge is 0.117 e. The maximum Gasteiger partial charge on any atom is 0.117 e. The zero-order valence-electron chi connectivity index (χ0n) is 9.29. The van der Waals surface area contributed by atoms with Crippen LogP contribution in [0, 0.1) is 6.92 Å². The van der Waals surface area contributed by atoms with Crippen LogP contribution >= 0.6 is 12.4 Å². The van der Waals surface area contributed by atoms with E-state index in [0.29, 0.717) is 6.04 Å². The summed E-state index contributed by atoms with van der Waals surface area (Å²) in [4.78, 5) is 0. The Kier molecular flexibility index (Phi) is 5.20. The van der Waals surface area contributed by atoms with Crippen LogP contribution in [-0.4, -0.2) is 6.04 Å². The van der Waals surface area contributed by atoms with Gasteiger partial charge >= 0.3 is 0 Å². The lowest BCUT2D eigenvalue weighted by molar-refractivity contribution is 0.354. The molecule has 0 aliphatic heterocycles. The molecule has 0 radical (unpaired) electrons. The minimum atomic E-state index is 0. The fraction of sp³-hybridized carbons (Fsp3) is 0.667. The van der Waals surface area contributed by atoms with Gasteiger partial charge < -0.3 is 9.73 Å². The highest BCUT2D eigenvalue weighted by Crippen LogP contribution is 2.18. The van der Waals surface area contributed by atoms with Gasteiger partial charge in [-0.3, -0.25) is 0 Å². The maximum atomic E-state index is 5.51. The van der Waals surface area contributed by atoms with Crippen molar-refractivity contribution in [1.29, 1.82) is 0 Å². The summed E-state index contributed by atoms with van der Waals surface area (Å²) in [6, 6.07) is 4.80. The summed E-state index contributed by atoms with van der Waals surface area (Å²) >= 11 is 0. The molecule has 0 saturated heterocycles. The van der Waals surface area contributed by atoms with Gasteiger partial charge in [-0.2, -0.15) is 0 Å². The van der Waals surface area contributed by atoms with Crippen LogP contribution in [0.25, 0.3) is 0 Å². The van der Waals surface area contributed by atoms with E-state index < -0.39 is 0 Å². The summed E-state index contributed by atoms with van der Waals surface area (Å²) in [6.45, 7) is 2.88. The monoisotopic (exact) mass is 229 g/mol. The number of halogens is 1. The predicted molar refractivity (Wildman–Crippen MR) is 64.4 cm³/mol. The van der Waals surface area contributed by atoms with E-state index >= 15 is 0 Å². The number of aryl methyl sites for hydroxylation is 1. The summed E-state index contributed by atoms with van der Waals surface area (Å²) in [7, 11) is 0. The molecule has 0 unspecified atom stereocenters. The van der Waals surface area contributed by atoms with Crippen molar-refractivity contribution in [3.8, 4) is 0 Å². The largest absolute Gasteiger partial charge is 0.465 e. The molecule has 0 bridgehead atoms. The predicted octanol–water partition coefficient (Wildman–Crippen LogP) is 3.43. The van der Waals surface area contributed by atoms with Crippen LogP contribution in [0.4, 0.5) is 0 Å². The SMILES string of the molecule is Cc1ccc(CNC2CCCCC2)o1.Cl. The van der Waals surface area contributed by atoms with Gasteiger partial charge in [0.1, 0.15) is 11.5 Å². The standard InChI is InChI=1S/C12H19NO.ClH/c1-10-7-8-12(14-10)9-13-11-5-3-2-4-6-11;/h7-8,11,13H,2-6,9H2,1H3;1H. The Morgan fingerprint density at radius 1 is 1.27 bits per heavy atom. The normalized spacial score (nSPS) is 17.4. The summed E-state index contributed by atoms with van der Waals surface area (Å²) in [5.74, 6) is 2.07. The zero-order chi connectivity index (χ0) is 9.80. The highest BCUT2D eigenvalue weighted by atomic mass is 35.5. The van der Waals surface area contributed by atoms with Crippen molar-refractivity contribution in [2.24, 2.45) is 0 Å². The minimum Gasteiger partial charge on any atom is -0.465 e. The van der Waals surface area contributed by atoms with E-state index in [0.717, 1.165) is 18.1 Å². The van der Waals surface area contributed by atoms with Gasteiger partial charge in [-0.25, -0.2) is 0 Å². The highest BCUT2D eigenvalue weighted by Gasteiger charge is 2.12. The maximum absolute atomic E-state index is 5.51. The van der Waals surface area contributed by atoms with E-state index in [1.165, 1.54) is 32.1 Å². The Balaban J connectivity index is 0.00000112. The second-order valence-corrected chi connectivity index (χ2v) is 4.23. The van der Waals surface area contributed by atoms with Crippen molar-refractivity contribution in [2.45, 2.75) is 51.6 Å². The van der Waals surface area contributed by atoms with Crippen molar-refractivity contribution in [1.82, 2.24) is 5.32 Å². The first-order chi connectivity index (χ1) is 6.84. The van der Waals surface area contributed by atoms with Crippen LogP contribution in [0.3, 0.4) is 0 Å². The molecule has 1 saturated carbocycles. The van der Waals surface area contributed by atoms with Crippen LogP contribution in [0.15, 0.2) is 16.5 Å². The molecule has 15 heavy (non-hydrogen) atoms. The fourth-order valence-electron chi connectivity index (χ4n) is 2.13. The number of rotatable bonds is 3. The minimum absolute atomic E-state index is 0. The molecule has 1 heterocycles. The van der Waals surface area contributed by atoms with Crippen molar-refractivity contribution in [3.05, 3.63) is 23.7 Å². The first-order valence-corrected chi connectivity index (χ1v) is 5.63. The third-order valence-corrected chi connectivity index (χ3v) is 2.97. The molecule has 0 atom stereocenters. The van der Waals surface area contributed by atoms with Gasteiger partial charge in [0.2, 0.25) is 0 Å². The zero-order valence-corrected chi connectivity index (χ0v) is 10.1. The summed E-state index contributed by atoms with van der Waals surface area (Å²) in [5.41, 5.74) is 0. The quantitative estimate of drug-likeness (QED) is 0.859. The Hall–Kier alpha value is -0.470. The molecule has 1 aliphatic rings. The molecule has 1 N–H and O–H groups in total. The summed E-state index contributed by atoms with van der Waals surface area (Å²) in [5, 5.41) is 3.56. The van der Waals surface area contributed by atoms with Crippen LogP contribution < -0.4 is 5.32 Å². The second kappa shape index (κ2) is 6.19. The van der Waals surface area contributed by atoms with Crippen molar-refractivity contribution >= 4 is 12.4 Å². The lowest BCUT2D eigenvalue weighted by Crippen LogP contribution is -2.30. The number of nitrogens with one attached hydrogen (secondary N) is 1. The first-order valence-electron chi connectivity index (χ1n) is 5.63. The van der Waals surface area contributed by atoms with Crippen molar-refractivity contribution < 1.29 is 4.42 Å². The van der Waals surface area contributed by atoms with Gasteiger partial charge in [-0.05, 0) is 31.9 Å². The summed E-state index contributed by atoms with van der Waals surface area (Å²) < 4.78 is 5.51. The van der Waals surface area contributed by atoms with E-state index in [-0.39, 0.29) is 12.4 Å². The van der Waals surface area contributed by atoms with Crippen LogP contribution in [-0.2, 0) is 6.54 Å². The van der Waals surface area contributed by atoms with Gasteiger partial charge in [-0.15, -0.1) is 12.4 Å². The van der Waals surface area contributed by atoms with Crippen molar-refractivity contribution in [3.63, 3.8) is 0 Å². The Bertz CT molecular complexity index is 279. The molecule has 3 heteroatoms.